The number of anilines is 2. The lowest BCUT2D eigenvalue weighted by atomic mass is 10.2. The Labute approximate surface area is 183 Å². The number of fused-ring (bicyclic) bond motifs is 1. The van der Waals surface area contributed by atoms with Crippen LogP contribution in [0.1, 0.15) is 23.5 Å². The number of nitrogens with two attached hydrogens (primary N) is 1. The number of carbonyl (C=O) groups is 1. The first-order chi connectivity index (χ1) is 15.6. The first-order valence-corrected chi connectivity index (χ1v) is 9.94. The molecular weight excluding hydrogens is 412 g/mol. The van der Waals surface area contributed by atoms with E-state index in [-0.39, 0.29) is 18.1 Å². The predicted octanol–water partition coefficient (Wildman–Crippen LogP) is 3.35. The summed E-state index contributed by atoms with van der Waals surface area (Å²) in [5.74, 6) is 1.86. The number of rotatable bonds is 9. The molecule has 0 aliphatic heterocycles. The Kier molecular flexibility index (Phi) is 6.11. The molecule has 0 saturated carbocycles. The molecule has 0 radical (unpaired) electrons. The second-order valence-corrected chi connectivity index (χ2v) is 6.89. The molecule has 0 saturated heterocycles. The standard InChI is InChI=1S/C22H22N6O4/c1-30-17-11-14-15(12-18(17)31-2)25-22(26-19(14)23)24-10-6-9-16(29)21-28-27-20(32-21)13-7-4-3-5-8-13/h3-5,7-8,11-12H,6,9-10H2,1-2H3,(H3,23,24,25,26). The zero-order chi connectivity index (χ0) is 22.5. The van der Waals surface area contributed by atoms with Crippen molar-refractivity contribution in [1.82, 2.24) is 20.2 Å². The Morgan fingerprint density at radius 1 is 1.06 bits per heavy atom. The minimum Gasteiger partial charge on any atom is -0.493 e. The zero-order valence-corrected chi connectivity index (χ0v) is 17.7. The van der Waals surface area contributed by atoms with E-state index in [1.807, 2.05) is 30.3 Å². The van der Waals surface area contributed by atoms with Gasteiger partial charge in [-0.25, -0.2) is 4.98 Å². The molecular formula is C22H22N6O4. The van der Waals surface area contributed by atoms with Crippen LogP contribution in [0.5, 0.6) is 11.5 Å². The van der Waals surface area contributed by atoms with Crippen molar-refractivity contribution < 1.29 is 18.7 Å². The number of nitrogens with one attached hydrogen (secondary N) is 1. The van der Waals surface area contributed by atoms with Gasteiger partial charge in [0.1, 0.15) is 5.82 Å². The van der Waals surface area contributed by atoms with Crippen molar-refractivity contribution in [2.75, 3.05) is 31.8 Å². The number of methoxy groups -OCH3 is 2. The van der Waals surface area contributed by atoms with Crippen molar-refractivity contribution in [1.29, 1.82) is 0 Å². The molecule has 0 bridgehead atoms. The second-order valence-electron chi connectivity index (χ2n) is 6.89. The van der Waals surface area contributed by atoms with E-state index in [9.17, 15) is 4.79 Å². The molecule has 0 spiro atoms. The molecule has 0 atom stereocenters. The van der Waals surface area contributed by atoms with Gasteiger partial charge >= 0.3 is 0 Å². The maximum atomic E-state index is 12.4. The van der Waals surface area contributed by atoms with Gasteiger partial charge in [-0.05, 0) is 24.6 Å². The molecule has 0 amide bonds. The number of hydrogen-bond donors (Lipinski definition) is 2. The van der Waals surface area contributed by atoms with E-state index in [1.165, 1.54) is 0 Å². The average molecular weight is 434 g/mol. The number of carbonyl (C=O) groups excluding carboxylic acids is 1. The second kappa shape index (κ2) is 9.29. The molecule has 0 aliphatic carbocycles. The van der Waals surface area contributed by atoms with E-state index >= 15 is 0 Å². The molecule has 4 rings (SSSR count). The third-order valence-electron chi connectivity index (χ3n) is 4.78. The van der Waals surface area contributed by atoms with Crippen molar-refractivity contribution in [2.45, 2.75) is 12.8 Å². The highest BCUT2D eigenvalue weighted by Gasteiger charge is 2.16. The molecule has 0 aliphatic rings. The number of nitrogens with zero attached hydrogens (tertiary/aromatic N) is 4. The summed E-state index contributed by atoms with van der Waals surface area (Å²) in [5, 5.41) is 11.5. The first-order valence-electron chi connectivity index (χ1n) is 9.94. The molecule has 10 heteroatoms. The summed E-state index contributed by atoms with van der Waals surface area (Å²) in [6.07, 6.45) is 0.757. The lowest BCUT2D eigenvalue weighted by molar-refractivity contribution is 0.0948. The Morgan fingerprint density at radius 2 is 1.81 bits per heavy atom. The fourth-order valence-corrected chi connectivity index (χ4v) is 3.15. The molecule has 164 valence electrons. The van der Waals surface area contributed by atoms with Gasteiger partial charge < -0.3 is 24.9 Å². The van der Waals surface area contributed by atoms with Crippen LogP contribution in [-0.2, 0) is 0 Å². The summed E-state index contributed by atoms with van der Waals surface area (Å²) in [7, 11) is 3.10. The number of hydrogen-bond acceptors (Lipinski definition) is 10. The summed E-state index contributed by atoms with van der Waals surface area (Å²) >= 11 is 0. The third kappa shape index (κ3) is 4.43. The molecule has 32 heavy (non-hydrogen) atoms. The van der Waals surface area contributed by atoms with Crippen LogP contribution in [0.25, 0.3) is 22.4 Å². The molecule has 2 aromatic heterocycles. The zero-order valence-electron chi connectivity index (χ0n) is 17.7. The van der Waals surface area contributed by atoms with Gasteiger partial charge in [-0.3, -0.25) is 4.79 Å². The van der Waals surface area contributed by atoms with Crippen LogP contribution < -0.4 is 20.5 Å². The van der Waals surface area contributed by atoms with Gasteiger partial charge in [0.2, 0.25) is 17.6 Å². The van der Waals surface area contributed by atoms with Gasteiger partial charge in [0, 0.05) is 30.0 Å². The van der Waals surface area contributed by atoms with Crippen LogP contribution in [0, 0.1) is 0 Å². The minimum absolute atomic E-state index is 0.00362. The molecule has 3 N–H and O–H groups in total. The smallest absolute Gasteiger partial charge is 0.284 e. The fraction of sp³-hybridized carbons (Fsp3) is 0.227. The van der Waals surface area contributed by atoms with Gasteiger partial charge in [-0.1, -0.05) is 18.2 Å². The number of ketones is 1. The molecule has 2 heterocycles. The molecule has 2 aromatic carbocycles. The quantitative estimate of drug-likeness (QED) is 0.298. The van der Waals surface area contributed by atoms with Gasteiger partial charge in [0.05, 0.1) is 19.7 Å². The van der Waals surface area contributed by atoms with Crippen LogP contribution in [0.4, 0.5) is 11.8 Å². The van der Waals surface area contributed by atoms with E-state index in [4.69, 9.17) is 19.6 Å². The van der Waals surface area contributed by atoms with Crippen molar-refractivity contribution in [2.24, 2.45) is 0 Å². The highest BCUT2D eigenvalue weighted by atomic mass is 16.5. The van der Waals surface area contributed by atoms with Gasteiger partial charge in [-0.15, -0.1) is 10.2 Å². The topological polar surface area (TPSA) is 138 Å². The molecule has 4 aromatic rings. The predicted molar refractivity (Wildman–Crippen MR) is 119 cm³/mol. The monoisotopic (exact) mass is 434 g/mol. The summed E-state index contributed by atoms with van der Waals surface area (Å²) in [6, 6.07) is 12.8. The minimum atomic E-state index is -0.225. The van der Waals surface area contributed by atoms with E-state index in [2.05, 4.69) is 25.5 Å². The lowest BCUT2D eigenvalue weighted by Gasteiger charge is -2.11. The summed E-state index contributed by atoms with van der Waals surface area (Å²) in [4.78, 5) is 21.1. The van der Waals surface area contributed by atoms with E-state index in [1.54, 1.807) is 26.4 Å². The van der Waals surface area contributed by atoms with E-state index in [0.717, 1.165) is 5.56 Å². The largest absolute Gasteiger partial charge is 0.493 e. The SMILES string of the molecule is COc1cc2nc(NCCCC(=O)c3nnc(-c4ccccc4)o3)nc(N)c2cc1OC. The van der Waals surface area contributed by atoms with Crippen LogP contribution in [-0.4, -0.2) is 46.7 Å². The van der Waals surface area contributed by atoms with Crippen LogP contribution in [0.15, 0.2) is 46.9 Å². The average Bonchev–Trinajstić information content (AvgIpc) is 3.32. The number of benzene rings is 2. The molecule has 0 unspecified atom stereocenters. The maximum Gasteiger partial charge on any atom is 0.284 e. The van der Waals surface area contributed by atoms with Crippen molar-refractivity contribution in [3.8, 4) is 23.0 Å². The van der Waals surface area contributed by atoms with Crippen molar-refractivity contribution >= 4 is 28.5 Å². The number of aromatic nitrogens is 4. The van der Waals surface area contributed by atoms with Gasteiger partial charge in [0.25, 0.3) is 5.89 Å². The van der Waals surface area contributed by atoms with Gasteiger partial charge in [-0.2, -0.15) is 4.98 Å². The summed E-state index contributed by atoms with van der Waals surface area (Å²) in [5.41, 5.74) is 7.47. The Morgan fingerprint density at radius 3 is 2.56 bits per heavy atom. The van der Waals surface area contributed by atoms with Crippen LogP contribution >= 0.6 is 0 Å². The Hall–Kier alpha value is -4.21. The number of ether oxygens (including phenoxy) is 2. The number of Topliss-reactive ketones (excluding diaryl/α,β-unsaturated/α-hetero) is 1. The van der Waals surface area contributed by atoms with Crippen molar-refractivity contribution in [3.05, 3.63) is 48.4 Å². The summed E-state index contributed by atoms with van der Waals surface area (Å²) < 4.78 is 16.1. The Balaban J connectivity index is 1.36. The fourth-order valence-electron chi connectivity index (χ4n) is 3.15. The van der Waals surface area contributed by atoms with Crippen LogP contribution in [0.2, 0.25) is 0 Å². The molecule has 0 fully saturated rings. The maximum absolute atomic E-state index is 12.4. The number of nitrogen functional groups attached to an aromatic ring is 1. The van der Waals surface area contributed by atoms with E-state index < -0.39 is 0 Å². The van der Waals surface area contributed by atoms with E-state index in [0.29, 0.717) is 53.0 Å². The first kappa shape index (κ1) is 21.0. The van der Waals surface area contributed by atoms with Crippen molar-refractivity contribution in [3.63, 3.8) is 0 Å². The highest BCUT2D eigenvalue weighted by Crippen LogP contribution is 2.33. The third-order valence-corrected chi connectivity index (χ3v) is 4.78. The normalized spacial score (nSPS) is 10.8. The van der Waals surface area contributed by atoms with Gasteiger partial charge in [0.15, 0.2) is 11.5 Å². The highest BCUT2D eigenvalue weighted by molar-refractivity contribution is 5.92. The molecule has 10 nitrogen and oxygen atoms in total. The lowest BCUT2D eigenvalue weighted by Crippen LogP contribution is -2.09. The van der Waals surface area contributed by atoms with Crippen LogP contribution in [0.3, 0.4) is 0 Å². The summed E-state index contributed by atoms with van der Waals surface area (Å²) in [6.45, 7) is 0.462. The Bertz CT molecular complexity index is 1240.